The maximum absolute atomic E-state index is 12.7. The minimum absolute atomic E-state index is 0.0747. The van der Waals surface area contributed by atoms with Crippen LogP contribution in [0.25, 0.3) is 0 Å². The summed E-state index contributed by atoms with van der Waals surface area (Å²) in [7, 11) is -3.49. The van der Waals surface area contributed by atoms with Crippen molar-refractivity contribution in [1.82, 2.24) is 4.90 Å². The van der Waals surface area contributed by atoms with Crippen molar-refractivity contribution in [2.75, 3.05) is 48.2 Å². The van der Waals surface area contributed by atoms with Crippen LogP contribution in [-0.2, 0) is 21.4 Å². The Morgan fingerprint density at radius 1 is 0.946 bits per heavy atom. The lowest BCUT2D eigenvalue weighted by Gasteiger charge is -2.36. The number of hydrogen-bond donors (Lipinski definition) is 0. The van der Waals surface area contributed by atoms with Gasteiger partial charge >= 0.3 is 0 Å². The number of anilines is 2. The number of rotatable bonds is 8. The lowest BCUT2D eigenvalue weighted by atomic mass is 10.1. The molecule has 0 radical (unpaired) electrons. The van der Waals surface area contributed by atoms with Gasteiger partial charge in [0.15, 0.2) is 6.61 Å². The molecule has 0 saturated carbocycles. The van der Waals surface area contributed by atoms with Gasteiger partial charge in [0.05, 0.1) is 18.5 Å². The minimum Gasteiger partial charge on any atom is -0.484 e. The van der Waals surface area contributed by atoms with Crippen molar-refractivity contribution in [3.05, 3.63) is 88.4 Å². The smallest absolute Gasteiger partial charge is 0.260 e. The summed E-state index contributed by atoms with van der Waals surface area (Å²) in [5.74, 6) is 0.428. The van der Waals surface area contributed by atoms with E-state index in [0.29, 0.717) is 29.5 Å². The molecule has 196 valence electrons. The van der Waals surface area contributed by atoms with E-state index in [4.69, 9.17) is 16.3 Å². The quantitative estimate of drug-likeness (QED) is 0.415. The van der Waals surface area contributed by atoms with Crippen LogP contribution < -0.4 is 13.9 Å². The molecule has 1 fully saturated rings. The number of benzene rings is 3. The van der Waals surface area contributed by atoms with E-state index in [1.54, 1.807) is 29.2 Å². The highest BCUT2D eigenvalue weighted by Crippen LogP contribution is 2.26. The average Bonchev–Trinajstić information content (AvgIpc) is 2.88. The maximum Gasteiger partial charge on any atom is 0.260 e. The summed E-state index contributed by atoms with van der Waals surface area (Å²) < 4.78 is 32.0. The summed E-state index contributed by atoms with van der Waals surface area (Å²) in [5, 5.41) is 0.702. The fourth-order valence-electron chi connectivity index (χ4n) is 4.32. The van der Waals surface area contributed by atoms with Crippen LogP contribution in [0.1, 0.15) is 16.7 Å². The number of piperazine rings is 1. The first kappa shape index (κ1) is 26.8. The molecule has 0 spiro atoms. The van der Waals surface area contributed by atoms with E-state index in [0.717, 1.165) is 35.5 Å². The molecule has 1 aliphatic heterocycles. The molecule has 0 aliphatic carbocycles. The van der Waals surface area contributed by atoms with Gasteiger partial charge in [-0.1, -0.05) is 47.5 Å². The van der Waals surface area contributed by atoms with Crippen LogP contribution >= 0.6 is 11.6 Å². The number of carbonyl (C=O) groups excluding carboxylic acids is 1. The number of carbonyl (C=O) groups is 1. The van der Waals surface area contributed by atoms with E-state index in [9.17, 15) is 13.2 Å². The van der Waals surface area contributed by atoms with Crippen LogP contribution in [0, 0.1) is 13.8 Å². The molecule has 1 saturated heterocycles. The first-order chi connectivity index (χ1) is 17.6. The van der Waals surface area contributed by atoms with E-state index < -0.39 is 10.0 Å². The number of ether oxygens (including phenoxy) is 1. The van der Waals surface area contributed by atoms with Gasteiger partial charge in [0.2, 0.25) is 10.0 Å². The van der Waals surface area contributed by atoms with Crippen molar-refractivity contribution in [2.24, 2.45) is 0 Å². The van der Waals surface area contributed by atoms with Crippen molar-refractivity contribution in [3.8, 4) is 5.75 Å². The fourth-order valence-corrected chi connectivity index (χ4v) is 5.38. The van der Waals surface area contributed by atoms with Crippen LogP contribution in [-0.4, -0.2) is 58.3 Å². The third kappa shape index (κ3) is 6.96. The summed E-state index contributed by atoms with van der Waals surface area (Å²) in [4.78, 5) is 16.8. The molecule has 37 heavy (non-hydrogen) atoms. The number of hydrogen-bond acceptors (Lipinski definition) is 5. The van der Waals surface area contributed by atoms with E-state index in [-0.39, 0.29) is 19.1 Å². The molecule has 0 unspecified atom stereocenters. The highest BCUT2D eigenvalue weighted by Gasteiger charge is 2.23. The van der Waals surface area contributed by atoms with E-state index in [2.05, 4.69) is 11.8 Å². The van der Waals surface area contributed by atoms with Crippen LogP contribution in [0.4, 0.5) is 11.4 Å². The summed E-state index contributed by atoms with van der Waals surface area (Å²) >= 11 is 6.17. The second-order valence-electron chi connectivity index (χ2n) is 9.34. The monoisotopic (exact) mass is 541 g/mol. The molecule has 0 atom stereocenters. The molecule has 9 heteroatoms. The largest absolute Gasteiger partial charge is 0.484 e. The Labute approximate surface area is 224 Å². The Balaban J connectivity index is 1.32. The number of amides is 1. The highest BCUT2D eigenvalue weighted by atomic mass is 35.5. The van der Waals surface area contributed by atoms with Gasteiger partial charge < -0.3 is 14.5 Å². The van der Waals surface area contributed by atoms with E-state index >= 15 is 0 Å². The van der Waals surface area contributed by atoms with Crippen molar-refractivity contribution in [3.63, 3.8) is 0 Å². The maximum atomic E-state index is 12.7. The number of nitrogens with zero attached hydrogens (tertiary/aromatic N) is 3. The first-order valence-electron chi connectivity index (χ1n) is 12.1. The summed E-state index contributed by atoms with van der Waals surface area (Å²) in [5.41, 5.74) is 4.80. The molecule has 3 aromatic carbocycles. The minimum atomic E-state index is -3.49. The summed E-state index contributed by atoms with van der Waals surface area (Å²) in [6.07, 6.45) is 1.19. The topological polar surface area (TPSA) is 70.2 Å². The van der Waals surface area contributed by atoms with Gasteiger partial charge in [-0.15, -0.1) is 0 Å². The average molecular weight is 542 g/mol. The van der Waals surface area contributed by atoms with Gasteiger partial charge in [0, 0.05) is 36.9 Å². The van der Waals surface area contributed by atoms with Gasteiger partial charge in [-0.3, -0.25) is 9.10 Å². The zero-order chi connectivity index (χ0) is 26.6. The van der Waals surface area contributed by atoms with Crippen molar-refractivity contribution in [1.29, 1.82) is 0 Å². The van der Waals surface area contributed by atoms with Crippen LogP contribution in [0.3, 0.4) is 0 Å². The Kier molecular flexibility index (Phi) is 8.29. The molecular formula is C28H32ClN3O4S. The zero-order valence-corrected chi connectivity index (χ0v) is 22.9. The number of sulfonamides is 1. The summed E-state index contributed by atoms with van der Waals surface area (Å²) in [6.45, 7) is 6.87. The fraction of sp³-hybridized carbons (Fsp3) is 0.321. The molecule has 0 bridgehead atoms. The SMILES string of the molecule is Cc1ccc(CN(c2ccc(OCC(=O)N3CCN(c4cc(Cl)ccc4C)CC3)cc2)S(C)(=O)=O)cc1. The number of halogens is 1. The molecule has 1 aliphatic rings. The molecular weight excluding hydrogens is 510 g/mol. The third-order valence-corrected chi connectivity index (χ3v) is 7.85. The van der Waals surface area contributed by atoms with Gasteiger partial charge in [-0.2, -0.15) is 0 Å². The highest BCUT2D eigenvalue weighted by molar-refractivity contribution is 7.92. The van der Waals surface area contributed by atoms with Gasteiger partial charge in [-0.25, -0.2) is 8.42 Å². The summed E-state index contributed by atoms with van der Waals surface area (Å²) in [6, 6.07) is 20.4. The predicted molar refractivity (Wildman–Crippen MR) is 149 cm³/mol. The molecule has 1 heterocycles. The van der Waals surface area contributed by atoms with Crippen LogP contribution in [0.2, 0.25) is 5.02 Å². The van der Waals surface area contributed by atoms with Crippen molar-refractivity contribution < 1.29 is 17.9 Å². The first-order valence-corrected chi connectivity index (χ1v) is 14.4. The lowest BCUT2D eigenvalue weighted by molar-refractivity contribution is -0.133. The third-order valence-electron chi connectivity index (χ3n) is 6.48. The Morgan fingerprint density at radius 3 is 2.22 bits per heavy atom. The Bertz CT molecular complexity index is 1340. The molecule has 3 aromatic rings. The second kappa shape index (κ2) is 11.4. The van der Waals surface area contributed by atoms with E-state index in [1.807, 2.05) is 49.4 Å². The molecule has 0 aromatic heterocycles. The van der Waals surface area contributed by atoms with Gasteiger partial charge in [0.25, 0.3) is 5.91 Å². The Morgan fingerprint density at radius 2 is 1.59 bits per heavy atom. The molecule has 1 amide bonds. The van der Waals surface area contributed by atoms with Crippen LogP contribution in [0.5, 0.6) is 5.75 Å². The van der Waals surface area contributed by atoms with Crippen molar-refractivity contribution >= 4 is 38.9 Å². The van der Waals surface area contributed by atoms with E-state index in [1.165, 1.54) is 10.6 Å². The zero-order valence-electron chi connectivity index (χ0n) is 21.4. The Hall–Kier alpha value is -3.23. The molecule has 7 nitrogen and oxygen atoms in total. The van der Waals surface area contributed by atoms with Gasteiger partial charge in [0.1, 0.15) is 5.75 Å². The van der Waals surface area contributed by atoms with Gasteiger partial charge in [-0.05, 0) is 61.4 Å². The standard InChI is InChI=1S/C28H32ClN3O4S/c1-21-4-7-23(8-5-21)19-32(37(3,34)35)25-10-12-26(13-11-25)36-20-28(33)31-16-14-30(15-17-31)27-18-24(29)9-6-22(27)2/h4-13,18H,14-17,19-20H2,1-3H3. The second-order valence-corrected chi connectivity index (χ2v) is 11.7. The predicted octanol–water partition coefficient (Wildman–Crippen LogP) is 4.65. The number of aryl methyl sites for hydroxylation is 2. The lowest BCUT2D eigenvalue weighted by Crippen LogP contribution is -2.50. The van der Waals surface area contributed by atoms with Crippen LogP contribution in [0.15, 0.2) is 66.7 Å². The normalized spacial score (nSPS) is 13.9. The van der Waals surface area contributed by atoms with Crippen molar-refractivity contribution in [2.45, 2.75) is 20.4 Å². The molecule has 0 N–H and O–H groups in total. The molecule has 4 rings (SSSR count).